The van der Waals surface area contributed by atoms with Gasteiger partial charge in [-0.25, -0.2) is 0 Å². The Morgan fingerprint density at radius 3 is 2.69 bits per heavy atom. The van der Waals surface area contributed by atoms with E-state index in [0.29, 0.717) is 48.8 Å². The molecule has 0 unspecified atom stereocenters. The Hall–Kier alpha value is -3.20. The number of aryl methyl sites for hydroxylation is 1. The van der Waals surface area contributed by atoms with Crippen molar-refractivity contribution in [2.45, 2.75) is 46.6 Å². The van der Waals surface area contributed by atoms with Crippen LogP contribution >= 0.6 is 11.3 Å². The van der Waals surface area contributed by atoms with E-state index in [2.05, 4.69) is 29.4 Å². The van der Waals surface area contributed by atoms with Crippen molar-refractivity contribution in [2.75, 3.05) is 11.9 Å². The normalized spacial score (nSPS) is 11.5. The molecule has 0 aliphatic carbocycles. The molecule has 3 heterocycles. The minimum Gasteiger partial charge on any atom is -0.494 e. The molecule has 4 aromatic rings. The molecule has 0 fully saturated rings. The van der Waals surface area contributed by atoms with Gasteiger partial charge in [-0.1, -0.05) is 13.8 Å². The average molecular weight is 454 g/mol. The van der Waals surface area contributed by atoms with Crippen LogP contribution in [0.2, 0.25) is 0 Å². The predicted octanol–water partition coefficient (Wildman–Crippen LogP) is 4.12. The van der Waals surface area contributed by atoms with Crippen LogP contribution in [0.4, 0.5) is 5.69 Å². The van der Waals surface area contributed by atoms with Crippen molar-refractivity contribution < 1.29 is 9.53 Å². The molecule has 0 aliphatic heterocycles. The van der Waals surface area contributed by atoms with E-state index in [1.165, 1.54) is 11.3 Å². The van der Waals surface area contributed by atoms with Crippen molar-refractivity contribution in [3.63, 3.8) is 0 Å². The lowest BCUT2D eigenvalue weighted by Gasteiger charge is -2.11. The summed E-state index contributed by atoms with van der Waals surface area (Å²) >= 11 is 1.43. The highest BCUT2D eigenvalue weighted by Crippen LogP contribution is 2.21. The third-order valence-electron chi connectivity index (χ3n) is 5.08. The number of ether oxygens (including phenoxy) is 1. The molecule has 3 aromatic heterocycles. The van der Waals surface area contributed by atoms with Crippen LogP contribution in [0.25, 0.3) is 16.0 Å². The Morgan fingerprint density at radius 1 is 1.19 bits per heavy atom. The molecule has 0 saturated heterocycles. The van der Waals surface area contributed by atoms with E-state index in [1.807, 2.05) is 47.0 Å². The molecule has 0 spiro atoms. The number of nitrogens with one attached hydrogen (secondary N) is 1. The molecule has 1 N–H and O–H groups in total. The fourth-order valence-corrected chi connectivity index (χ4v) is 4.53. The highest BCUT2D eigenvalue weighted by molar-refractivity contribution is 7.17. The van der Waals surface area contributed by atoms with Crippen LogP contribution < -0.4 is 15.6 Å². The fraction of sp³-hybridized carbons (Fsp3) is 0.391. The second-order valence-electron chi connectivity index (χ2n) is 8.06. The van der Waals surface area contributed by atoms with Crippen molar-refractivity contribution in [3.8, 4) is 5.75 Å². The topological polar surface area (TPSA) is 90.5 Å². The Balaban J connectivity index is 1.47. The molecule has 1 aromatic carbocycles. The SMILES string of the molecule is CCOc1ccc(NC(=O)CCCc2nnc3n(CC(C)C)c(=O)c4sccc4n23)cc1. The van der Waals surface area contributed by atoms with Crippen molar-refractivity contribution in [3.05, 3.63) is 51.9 Å². The van der Waals surface area contributed by atoms with Gasteiger partial charge >= 0.3 is 0 Å². The van der Waals surface area contributed by atoms with Gasteiger partial charge in [0, 0.05) is 25.1 Å². The second-order valence-corrected chi connectivity index (χ2v) is 8.97. The van der Waals surface area contributed by atoms with E-state index in [9.17, 15) is 9.59 Å². The summed E-state index contributed by atoms with van der Waals surface area (Å²) in [6.45, 7) is 7.26. The smallest absolute Gasteiger partial charge is 0.272 e. The largest absolute Gasteiger partial charge is 0.494 e. The van der Waals surface area contributed by atoms with Crippen LogP contribution in [0.5, 0.6) is 5.75 Å². The minimum atomic E-state index is -0.0552. The number of hydrogen-bond donors (Lipinski definition) is 1. The molecule has 0 saturated carbocycles. The second kappa shape index (κ2) is 9.52. The monoisotopic (exact) mass is 453 g/mol. The Morgan fingerprint density at radius 2 is 1.97 bits per heavy atom. The van der Waals surface area contributed by atoms with Crippen molar-refractivity contribution >= 4 is 38.9 Å². The van der Waals surface area contributed by atoms with E-state index in [4.69, 9.17) is 4.74 Å². The highest BCUT2D eigenvalue weighted by atomic mass is 32.1. The van der Waals surface area contributed by atoms with Crippen LogP contribution in [0, 0.1) is 5.92 Å². The average Bonchev–Trinajstić information content (AvgIpc) is 3.40. The predicted molar refractivity (Wildman–Crippen MR) is 127 cm³/mol. The molecule has 0 aliphatic rings. The molecule has 0 radical (unpaired) electrons. The van der Waals surface area contributed by atoms with Gasteiger partial charge in [0.05, 0.1) is 12.1 Å². The number of hydrogen-bond acceptors (Lipinski definition) is 6. The first-order valence-electron chi connectivity index (χ1n) is 10.8. The number of amides is 1. The summed E-state index contributed by atoms with van der Waals surface area (Å²) in [4.78, 5) is 25.3. The third kappa shape index (κ3) is 4.52. The summed E-state index contributed by atoms with van der Waals surface area (Å²) < 4.78 is 9.79. The van der Waals surface area contributed by atoms with Gasteiger partial charge in [-0.15, -0.1) is 21.5 Å². The zero-order chi connectivity index (χ0) is 22.7. The summed E-state index contributed by atoms with van der Waals surface area (Å²) in [5.41, 5.74) is 1.54. The van der Waals surface area contributed by atoms with E-state index < -0.39 is 0 Å². The Labute approximate surface area is 189 Å². The van der Waals surface area contributed by atoms with E-state index in [0.717, 1.165) is 22.8 Å². The van der Waals surface area contributed by atoms with Gasteiger partial charge in [-0.2, -0.15) is 0 Å². The third-order valence-corrected chi connectivity index (χ3v) is 5.97. The number of nitrogens with zero attached hydrogens (tertiary/aromatic N) is 4. The van der Waals surface area contributed by atoms with Gasteiger partial charge in [-0.05, 0) is 55.0 Å². The minimum absolute atomic E-state index is 0.0233. The maximum Gasteiger partial charge on any atom is 0.272 e. The molecule has 8 nitrogen and oxygen atoms in total. The quantitative estimate of drug-likeness (QED) is 0.412. The number of thiophene rings is 1. The van der Waals surface area contributed by atoms with Crippen molar-refractivity contribution in [2.24, 2.45) is 5.92 Å². The van der Waals surface area contributed by atoms with Crippen LogP contribution in [0.1, 0.15) is 39.4 Å². The first-order valence-corrected chi connectivity index (χ1v) is 11.7. The van der Waals surface area contributed by atoms with Gasteiger partial charge in [0.1, 0.15) is 16.3 Å². The van der Waals surface area contributed by atoms with Crippen molar-refractivity contribution in [1.29, 1.82) is 0 Å². The van der Waals surface area contributed by atoms with Crippen LogP contribution in [0.3, 0.4) is 0 Å². The molecular weight excluding hydrogens is 426 g/mol. The lowest BCUT2D eigenvalue weighted by molar-refractivity contribution is -0.116. The molecule has 168 valence electrons. The van der Waals surface area contributed by atoms with Gasteiger partial charge in [0.15, 0.2) is 0 Å². The lowest BCUT2D eigenvalue weighted by Crippen LogP contribution is -2.24. The van der Waals surface area contributed by atoms with Gasteiger partial charge in [0.25, 0.3) is 5.56 Å². The summed E-state index contributed by atoms with van der Waals surface area (Å²) in [6.07, 6.45) is 1.57. The maximum absolute atomic E-state index is 12.9. The van der Waals surface area contributed by atoms with E-state index in [1.54, 1.807) is 4.57 Å². The lowest BCUT2D eigenvalue weighted by atomic mass is 10.2. The molecule has 32 heavy (non-hydrogen) atoms. The fourth-order valence-electron chi connectivity index (χ4n) is 3.70. The molecule has 0 bridgehead atoms. The summed E-state index contributed by atoms with van der Waals surface area (Å²) in [7, 11) is 0. The number of fused-ring (bicyclic) bond motifs is 3. The van der Waals surface area contributed by atoms with Crippen LogP contribution in [-0.4, -0.2) is 31.7 Å². The summed E-state index contributed by atoms with van der Waals surface area (Å²) in [5, 5.41) is 13.5. The van der Waals surface area contributed by atoms with Crippen molar-refractivity contribution in [1.82, 2.24) is 19.2 Å². The highest BCUT2D eigenvalue weighted by Gasteiger charge is 2.18. The number of rotatable bonds is 9. The van der Waals surface area contributed by atoms with Gasteiger partial charge < -0.3 is 10.1 Å². The zero-order valence-electron chi connectivity index (χ0n) is 18.5. The number of anilines is 1. The summed E-state index contributed by atoms with van der Waals surface area (Å²) in [5.74, 6) is 2.35. The van der Waals surface area contributed by atoms with E-state index in [-0.39, 0.29) is 11.5 Å². The molecule has 0 atom stereocenters. The number of aromatic nitrogens is 4. The number of carbonyl (C=O) groups excluding carboxylic acids is 1. The maximum atomic E-state index is 12.9. The number of benzene rings is 1. The van der Waals surface area contributed by atoms with Crippen LogP contribution in [0.15, 0.2) is 40.5 Å². The Bertz CT molecular complexity index is 1290. The summed E-state index contributed by atoms with van der Waals surface area (Å²) in [6, 6.07) is 9.26. The van der Waals surface area contributed by atoms with Crippen LogP contribution in [-0.2, 0) is 17.8 Å². The van der Waals surface area contributed by atoms with Gasteiger partial charge in [0.2, 0.25) is 11.7 Å². The standard InChI is InChI=1S/C23H27N5O3S/c1-4-31-17-10-8-16(9-11-17)24-20(29)7-5-6-19-25-26-23-27(14-15(2)3)22(30)21-18(28(19)23)12-13-32-21/h8-13,15H,4-7,14H2,1-3H3,(H,24,29). The molecule has 4 rings (SSSR count). The molecular formula is C23H27N5O3S. The zero-order valence-corrected chi connectivity index (χ0v) is 19.3. The molecule has 9 heteroatoms. The number of carbonyl (C=O) groups is 1. The Kier molecular flexibility index (Phi) is 6.55. The van der Waals surface area contributed by atoms with E-state index >= 15 is 0 Å². The molecule has 1 amide bonds. The first kappa shape index (κ1) is 22.0. The first-order chi connectivity index (χ1) is 15.5. The van der Waals surface area contributed by atoms with Gasteiger partial charge in [-0.3, -0.25) is 18.6 Å².